The Bertz CT molecular complexity index is 976. The van der Waals surface area contributed by atoms with Gasteiger partial charge in [0.25, 0.3) is 10.1 Å². The monoisotopic (exact) mass is 436 g/mol. The number of carbonyl (C=O) groups is 2. The number of rotatable bonds is 6. The summed E-state index contributed by atoms with van der Waals surface area (Å²) in [5.74, 6) is -1.62. The number of aliphatic hydroxyl groups is 1. The molecule has 0 bridgehead atoms. The molecule has 1 saturated heterocycles. The van der Waals surface area contributed by atoms with Gasteiger partial charge in [0.15, 0.2) is 18.5 Å². The van der Waals surface area contributed by atoms with Crippen molar-refractivity contribution in [1.29, 1.82) is 0 Å². The number of aliphatic hydroxyl groups excluding tert-OH is 1. The zero-order valence-corrected chi connectivity index (χ0v) is 16.7. The molecule has 1 N–H and O–H groups in total. The maximum absolute atomic E-state index is 12.5. The summed E-state index contributed by atoms with van der Waals surface area (Å²) in [5.41, 5.74) is 0.369. The Morgan fingerprint density at radius 3 is 1.83 bits per heavy atom. The maximum atomic E-state index is 12.5. The lowest BCUT2D eigenvalue weighted by molar-refractivity contribution is -0.246. The minimum Gasteiger partial charge on any atom is -0.452 e. The van der Waals surface area contributed by atoms with Gasteiger partial charge in [-0.1, -0.05) is 36.4 Å². The van der Waals surface area contributed by atoms with Crippen LogP contribution in [0.2, 0.25) is 0 Å². The summed E-state index contributed by atoms with van der Waals surface area (Å²) < 4.78 is 44.1. The van der Waals surface area contributed by atoms with Crippen molar-refractivity contribution in [2.45, 2.75) is 24.6 Å². The molecule has 4 atom stereocenters. The van der Waals surface area contributed by atoms with Crippen molar-refractivity contribution in [2.75, 3.05) is 12.9 Å². The van der Waals surface area contributed by atoms with Crippen LogP contribution in [0.4, 0.5) is 0 Å². The number of esters is 2. The Balaban J connectivity index is 1.87. The predicted molar refractivity (Wildman–Crippen MR) is 103 cm³/mol. The van der Waals surface area contributed by atoms with E-state index in [9.17, 15) is 23.1 Å². The highest BCUT2D eigenvalue weighted by molar-refractivity contribution is 7.86. The molecule has 0 aromatic heterocycles. The molecule has 1 fully saturated rings. The Labute approximate surface area is 173 Å². The summed E-state index contributed by atoms with van der Waals surface area (Å²) in [5, 5.41) is 10.2. The first-order valence-corrected chi connectivity index (χ1v) is 10.8. The average Bonchev–Trinajstić information content (AvgIpc) is 2.72. The summed E-state index contributed by atoms with van der Waals surface area (Å²) >= 11 is 0. The summed E-state index contributed by atoms with van der Waals surface area (Å²) in [6, 6.07) is 15.9. The molecule has 9 nitrogen and oxygen atoms in total. The smallest absolute Gasteiger partial charge is 0.338 e. The van der Waals surface area contributed by atoms with Gasteiger partial charge >= 0.3 is 11.9 Å². The van der Waals surface area contributed by atoms with E-state index in [0.29, 0.717) is 0 Å². The highest BCUT2D eigenvalue weighted by Gasteiger charge is 2.47. The number of hydrogen-bond acceptors (Lipinski definition) is 9. The normalized spacial score (nSPS) is 24.1. The molecular weight excluding hydrogens is 416 g/mol. The molecule has 1 aliphatic rings. The second-order valence-corrected chi connectivity index (χ2v) is 8.14. The lowest BCUT2D eigenvalue weighted by Gasteiger charge is -2.38. The largest absolute Gasteiger partial charge is 0.452 e. The molecule has 0 unspecified atom stereocenters. The van der Waals surface area contributed by atoms with Crippen molar-refractivity contribution in [2.24, 2.45) is 0 Å². The van der Waals surface area contributed by atoms with Gasteiger partial charge in [0.1, 0.15) is 6.10 Å². The molecule has 0 spiro atoms. The van der Waals surface area contributed by atoms with E-state index in [1.54, 1.807) is 36.4 Å². The summed E-state index contributed by atoms with van der Waals surface area (Å²) in [4.78, 5) is 25.0. The lowest BCUT2D eigenvalue weighted by Crippen LogP contribution is -2.57. The van der Waals surface area contributed by atoms with Crippen LogP contribution < -0.4 is 0 Å². The number of benzene rings is 2. The van der Waals surface area contributed by atoms with Crippen LogP contribution in [0.5, 0.6) is 0 Å². The van der Waals surface area contributed by atoms with E-state index in [1.165, 1.54) is 24.3 Å². The molecule has 0 aliphatic carbocycles. The van der Waals surface area contributed by atoms with E-state index < -0.39 is 53.3 Å². The van der Waals surface area contributed by atoms with Gasteiger partial charge in [-0.05, 0) is 24.3 Å². The third kappa shape index (κ3) is 5.63. The van der Waals surface area contributed by atoms with Crippen LogP contribution in [-0.2, 0) is 28.5 Å². The summed E-state index contributed by atoms with van der Waals surface area (Å²) in [6.45, 7) is -0.402. The molecule has 2 aromatic carbocycles. The van der Waals surface area contributed by atoms with Crippen LogP contribution in [0.15, 0.2) is 60.7 Å². The molecule has 0 radical (unpaired) electrons. The van der Waals surface area contributed by atoms with Crippen molar-refractivity contribution in [3.63, 3.8) is 0 Å². The third-order valence-electron chi connectivity index (χ3n) is 4.21. The summed E-state index contributed by atoms with van der Waals surface area (Å²) in [7, 11) is -3.97. The molecule has 10 heteroatoms. The van der Waals surface area contributed by atoms with Gasteiger partial charge in [0.05, 0.1) is 24.0 Å². The Kier molecular flexibility index (Phi) is 6.83. The maximum Gasteiger partial charge on any atom is 0.338 e. The molecule has 30 heavy (non-hydrogen) atoms. The highest BCUT2D eigenvalue weighted by Crippen LogP contribution is 2.25. The fraction of sp³-hybridized carbons (Fsp3) is 0.300. The van der Waals surface area contributed by atoms with Gasteiger partial charge in [-0.15, -0.1) is 0 Å². The standard InChI is InChI=1S/C20H20O9S/c1-30(24,25)29-15-12-26-20(23)17(28-19(22)14-10-6-3-7-11-14)16(15)27-18(21)13-8-4-2-5-9-13/h2-11,15-17,20,23H,12H2,1H3/t15-,16-,17-,20+/m1/s1. The van der Waals surface area contributed by atoms with Crippen LogP contribution >= 0.6 is 0 Å². The van der Waals surface area contributed by atoms with Gasteiger partial charge in [-0.25, -0.2) is 9.59 Å². The minimum atomic E-state index is -3.97. The van der Waals surface area contributed by atoms with Gasteiger partial charge < -0.3 is 19.3 Å². The SMILES string of the molecule is CS(=O)(=O)O[C@@H]1CO[C@H](O)[C@H](OC(=O)c2ccccc2)[C@@H]1OC(=O)c1ccccc1. The van der Waals surface area contributed by atoms with E-state index in [0.717, 1.165) is 6.26 Å². The van der Waals surface area contributed by atoms with Crippen molar-refractivity contribution >= 4 is 22.1 Å². The van der Waals surface area contributed by atoms with Crippen molar-refractivity contribution in [1.82, 2.24) is 0 Å². The van der Waals surface area contributed by atoms with Crippen LogP contribution in [0.1, 0.15) is 20.7 Å². The van der Waals surface area contributed by atoms with Gasteiger partial charge in [0, 0.05) is 0 Å². The molecule has 1 aliphatic heterocycles. The molecule has 2 aromatic rings. The Morgan fingerprint density at radius 1 is 0.900 bits per heavy atom. The van der Waals surface area contributed by atoms with Crippen molar-refractivity contribution < 1.29 is 41.5 Å². The molecule has 3 rings (SSSR count). The van der Waals surface area contributed by atoms with Gasteiger partial charge in [0.2, 0.25) is 0 Å². The second kappa shape index (κ2) is 9.35. The van der Waals surface area contributed by atoms with Crippen molar-refractivity contribution in [3.05, 3.63) is 71.8 Å². The molecule has 0 amide bonds. The van der Waals surface area contributed by atoms with E-state index in [-0.39, 0.29) is 11.1 Å². The quantitative estimate of drug-likeness (QED) is 0.524. The Morgan fingerprint density at radius 2 is 1.37 bits per heavy atom. The first-order valence-electron chi connectivity index (χ1n) is 8.94. The molecular formula is C20H20O9S. The number of ether oxygens (including phenoxy) is 3. The zero-order valence-electron chi connectivity index (χ0n) is 15.9. The molecule has 160 valence electrons. The van der Waals surface area contributed by atoms with Gasteiger partial charge in [-0.3, -0.25) is 4.18 Å². The topological polar surface area (TPSA) is 125 Å². The number of hydrogen-bond donors (Lipinski definition) is 1. The lowest BCUT2D eigenvalue weighted by atomic mass is 10.0. The zero-order chi connectivity index (χ0) is 21.7. The first-order chi connectivity index (χ1) is 14.2. The van der Waals surface area contributed by atoms with Gasteiger partial charge in [-0.2, -0.15) is 8.42 Å². The average molecular weight is 436 g/mol. The fourth-order valence-corrected chi connectivity index (χ4v) is 3.48. The third-order valence-corrected chi connectivity index (χ3v) is 4.80. The van der Waals surface area contributed by atoms with Crippen LogP contribution in [0, 0.1) is 0 Å². The Hall–Kier alpha value is -2.79. The van der Waals surface area contributed by atoms with Crippen molar-refractivity contribution in [3.8, 4) is 0 Å². The predicted octanol–water partition coefficient (Wildman–Crippen LogP) is 1.13. The van der Waals surface area contributed by atoms with E-state index in [1.807, 2.05) is 0 Å². The second-order valence-electron chi connectivity index (χ2n) is 6.53. The number of carbonyl (C=O) groups excluding carboxylic acids is 2. The molecule has 0 saturated carbocycles. The van der Waals surface area contributed by atoms with E-state index in [2.05, 4.69) is 0 Å². The van der Waals surface area contributed by atoms with E-state index >= 15 is 0 Å². The highest BCUT2D eigenvalue weighted by atomic mass is 32.2. The van der Waals surface area contributed by atoms with Crippen LogP contribution in [-0.4, -0.2) is 62.9 Å². The van der Waals surface area contributed by atoms with Crippen LogP contribution in [0.3, 0.4) is 0 Å². The van der Waals surface area contributed by atoms with E-state index in [4.69, 9.17) is 18.4 Å². The summed E-state index contributed by atoms with van der Waals surface area (Å²) in [6.07, 6.45) is -5.14. The van der Waals surface area contributed by atoms with Crippen LogP contribution in [0.25, 0.3) is 0 Å². The minimum absolute atomic E-state index is 0.184. The fourth-order valence-electron chi connectivity index (χ4n) is 2.86. The molecule has 1 heterocycles. The first kappa shape index (κ1) is 21.9.